The zero-order valence-electron chi connectivity index (χ0n) is 10.4. The number of hydrogen-bond donors (Lipinski definition) is 0. The monoisotopic (exact) mass is 231 g/mol. The van der Waals surface area contributed by atoms with Gasteiger partial charge in [-0.25, -0.2) is 0 Å². The summed E-state index contributed by atoms with van der Waals surface area (Å²) < 4.78 is 5.44. The van der Waals surface area contributed by atoms with Gasteiger partial charge in [-0.3, -0.25) is 4.98 Å². The minimum atomic E-state index is 0.692. The number of rotatable bonds is 1. The van der Waals surface area contributed by atoms with Crippen molar-refractivity contribution in [2.45, 2.75) is 20.3 Å². The van der Waals surface area contributed by atoms with E-state index < -0.39 is 0 Å². The van der Waals surface area contributed by atoms with Gasteiger partial charge in [-0.15, -0.1) is 0 Å². The maximum atomic E-state index is 9.24. The molecule has 2 heterocycles. The van der Waals surface area contributed by atoms with Crippen LogP contribution in [0.2, 0.25) is 0 Å². The van der Waals surface area contributed by atoms with E-state index in [1.165, 1.54) is 0 Å². The SMILES string of the molecule is Cc1cc(N2CCCOCC2)c(C#N)c(C)n1. The fourth-order valence-corrected chi connectivity index (χ4v) is 2.18. The van der Waals surface area contributed by atoms with Gasteiger partial charge in [0.15, 0.2) is 0 Å². The van der Waals surface area contributed by atoms with E-state index in [0.29, 0.717) is 5.56 Å². The Morgan fingerprint density at radius 2 is 2.18 bits per heavy atom. The Morgan fingerprint density at radius 1 is 1.35 bits per heavy atom. The first kappa shape index (κ1) is 11.9. The average molecular weight is 231 g/mol. The molecule has 0 amide bonds. The Balaban J connectivity index is 2.39. The second-order valence-electron chi connectivity index (χ2n) is 4.31. The van der Waals surface area contributed by atoms with Gasteiger partial charge in [0.05, 0.1) is 23.6 Å². The number of anilines is 1. The number of pyridine rings is 1. The molecule has 0 aliphatic carbocycles. The molecule has 2 rings (SSSR count). The second kappa shape index (κ2) is 5.15. The summed E-state index contributed by atoms with van der Waals surface area (Å²) in [4.78, 5) is 6.57. The Labute approximate surface area is 102 Å². The summed E-state index contributed by atoms with van der Waals surface area (Å²) in [6.45, 7) is 7.18. The molecule has 0 aromatic carbocycles. The minimum absolute atomic E-state index is 0.692. The molecule has 1 saturated heterocycles. The summed E-state index contributed by atoms with van der Waals surface area (Å²) in [6, 6.07) is 4.26. The van der Waals surface area contributed by atoms with Crippen molar-refractivity contribution in [3.63, 3.8) is 0 Å². The third-order valence-electron chi connectivity index (χ3n) is 2.98. The molecular weight excluding hydrogens is 214 g/mol. The molecule has 4 nitrogen and oxygen atoms in total. The highest BCUT2D eigenvalue weighted by atomic mass is 16.5. The van der Waals surface area contributed by atoms with Gasteiger partial charge in [0, 0.05) is 25.4 Å². The first-order chi connectivity index (χ1) is 8.22. The normalized spacial score (nSPS) is 16.4. The van der Waals surface area contributed by atoms with Gasteiger partial charge >= 0.3 is 0 Å². The molecule has 1 aliphatic heterocycles. The van der Waals surface area contributed by atoms with Gasteiger partial charge < -0.3 is 9.64 Å². The van der Waals surface area contributed by atoms with Crippen LogP contribution in [0, 0.1) is 25.2 Å². The molecule has 4 heteroatoms. The molecular formula is C13H17N3O. The van der Waals surface area contributed by atoms with E-state index in [-0.39, 0.29) is 0 Å². The lowest BCUT2D eigenvalue weighted by Crippen LogP contribution is -2.27. The molecule has 0 spiro atoms. The number of aryl methyl sites for hydroxylation is 2. The van der Waals surface area contributed by atoms with Crippen molar-refractivity contribution < 1.29 is 4.74 Å². The molecule has 0 N–H and O–H groups in total. The van der Waals surface area contributed by atoms with Crippen molar-refractivity contribution >= 4 is 5.69 Å². The zero-order valence-corrected chi connectivity index (χ0v) is 10.4. The van der Waals surface area contributed by atoms with E-state index in [4.69, 9.17) is 4.74 Å². The maximum absolute atomic E-state index is 9.24. The number of ether oxygens (including phenoxy) is 1. The smallest absolute Gasteiger partial charge is 0.103 e. The summed E-state index contributed by atoms with van der Waals surface area (Å²) in [5.41, 5.74) is 3.47. The highest BCUT2D eigenvalue weighted by molar-refractivity contribution is 5.61. The quantitative estimate of drug-likeness (QED) is 0.739. The van der Waals surface area contributed by atoms with Gasteiger partial charge in [0.25, 0.3) is 0 Å². The van der Waals surface area contributed by atoms with Crippen molar-refractivity contribution in [1.29, 1.82) is 5.26 Å². The molecule has 0 bridgehead atoms. The third kappa shape index (κ3) is 2.56. The number of aromatic nitrogens is 1. The van der Waals surface area contributed by atoms with Gasteiger partial charge in [-0.2, -0.15) is 5.26 Å². The van der Waals surface area contributed by atoms with Crippen molar-refractivity contribution in [2.75, 3.05) is 31.2 Å². The van der Waals surface area contributed by atoms with E-state index in [2.05, 4.69) is 16.0 Å². The molecule has 0 unspecified atom stereocenters. The van der Waals surface area contributed by atoms with Crippen molar-refractivity contribution in [3.05, 3.63) is 23.0 Å². The highest BCUT2D eigenvalue weighted by Gasteiger charge is 2.16. The predicted octanol–water partition coefficient (Wildman–Crippen LogP) is 1.80. The zero-order chi connectivity index (χ0) is 12.3. The average Bonchev–Trinajstić information content (AvgIpc) is 2.56. The van der Waals surface area contributed by atoms with Crippen molar-refractivity contribution in [3.8, 4) is 6.07 Å². The maximum Gasteiger partial charge on any atom is 0.103 e. The van der Waals surface area contributed by atoms with Crippen LogP contribution in [0.3, 0.4) is 0 Å². The molecule has 1 fully saturated rings. The van der Waals surface area contributed by atoms with Crippen LogP contribution in [0.15, 0.2) is 6.07 Å². The molecule has 0 radical (unpaired) electrons. The molecule has 1 aromatic heterocycles. The largest absolute Gasteiger partial charge is 0.380 e. The van der Waals surface area contributed by atoms with Crippen LogP contribution in [-0.4, -0.2) is 31.3 Å². The fraction of sp³-hybridized carbons (Fsp3) is 0.538. The Hall–Kier alpha value is -1.60. The first-order valence-corrected chi connectivity index (χ1v) is 5.93. The van der Waals surface area contributed by atoms with Gasteiger partial charge in [0.1, 0.15) is 6.07 Å². The summed E-state index contributed by atoms with van der Waals surface area (Å²) in [7, 11) is 0. The minimum Gasteiger partial charge on any atom is -0.380 e. The second-order valence-corrected chi connectivity index (χ2v) is 4.31. The van der Waals surface area contributed by atoms with Crippen LogP contribution >= 0.6 is 0 Å². The van der Waals surface area contributed by atoms with E-state index in [0.717, 1.165) is 49.8 Å². The van der Waals surface area contributed by atoms with Crippen molar-refractivity contribution in [1.82, 2.24) is 4.98 Å². The first-order valence-electron chi connectivity index (χ1n) is 5.93. The summed E-state index contributed by atoms with van der Waals surface area (Å²) >= 11 is 0. The van der Waals surface area contributed by atoms with E-state index in [9.17, 15) is 5.26 Å². The predicted molar refractivity (Wildman–Crippen MR) is 66.1 cm³/mol. The van der Waals surface area contributed by atoms with Crippen molar-refractivity contribution in [2.24, 2.45) is 0 Å². The molecule has 90 valence electrons. The van der Waals surface area contributed by atoms with Gasteiger partial charge in [-0.1, -0.05) is 0 Å². The molecule has 1 aliphatic rings. The topological polar surface area (TPSA) is 49.1 Å². The lowest BCUT2D eigenvalue weighted by Gasteiger charge is -2.24. The summed E-state index contributed by atoms with van der Waals surface area (Å²) in [5.74, 6) is 0. The van der Waals surface area contributed by atoms with Gasteiger partial charge in [0.2, 0.25) is 0 Å². The molecule has 17 heavy (non-hydrogen) atoms. The number of nitrogens with zero attached hydrogens (tertiary/aromatic N) is 3. The Bertz CT molecular complexity index is 443. The summed E-state index contributed by atoms with van der Waals surface area (Å²) in [6.07, 6.45) is 1.01. The highest BCUT2D eigenvalue weighted by Crippen LogP contribution is 2.24. The van der Waals surface area contributed by atoms with E-state index in [1.807, 2.05) is 19.9 Å². The lowest BCUT2D eigenvalue weighted by atomic mass is 10.1. The number of hydrogen-bond acceptors (Lipinski definition) is 4. The fourth-order valence-electron chi connectivity index (χ4n) is 2.18. The van der Waals surface area contributed by atoms with Crippen LogP contribution in [0.25, 0.3) is 0 Å². The molecule has 0 saturated carbocycles. The van der Waals surface area contributed by atoms with Crippen LogP contribution in [0.4, 0.5) is 5.69 Å². The standard InChI is InChI=1S/C13H17N3O/c1-10-8-13(12(9-14)11(2)15-10)16-4-3-6-17-7-5-16/h8H,3-7H2,1-2H3. The molecule has 0 atom stereocenters. The number of nitriles is 1. The summed E-state index contributed by atoms with van der Waals surface area (Å²) in [5, 5.41) is 9.24. The van der Waals surface area contributed by atoms with Crippen LogP contribution < -0.4 is 4.90 Å². The van der Waals surface area contributed by atoms with Crippen LogP contribution in [0.5, 0.6) is 0 Å². The van der Waals surface area contributed by atoms with E-state index >= 15 is 0 Å². The van der Waals surface area contributed by atoms with E-state index in [1.54, 1.807) is 0 Å². The van der Waals surface area contributed by atoms with Crippen LogP contribution in [0.1, 0.15) is 23.4 Å². The lowest BCUT2D eigenvalue weighted by molar-refractivity contribution is 0.152. The van der Waals surface area contributed by atoms with Gasteiger partial charge in [-0.05, 0) is 26.3 Å². The van der Waals surface area contributed by atoms with Crippen LogP contribution in [-0.2, 0) is 4.74 Å². The Morgan fingerprint density at radius 3 is 2.94 bits per heavy atom. The Kier molecular flexibility index (Phi) is 3.60. The third-order valence-corrected chi connectivity index (χ3v) is 2.98. The molecule has 1 aromatic rings.